The predicted molar refractivity (Wildman–Crippen MR) is 84.8 cm³/mol. The molecule has 0 spiro atoms. The molecule has 0 unspecified atom stereocenters. The molecule has 5 nitrogen and oxygen atoms in total. The van der Waals surface area contributed by atoms with Crippen LogP contribution in [0.15, 0.2) is 29.0 Å². The smallest absolute Gasteiger partial charge is 0.225 e. The first-order chi connectivity index (χ1) is 10.8. The lowest BCUT2D eigenvalue weighted by Gasteiger charge is -2.31. The van der Waals surface area contributed by atoms with Crippen LogP contribution in [0.5, 0.6) is 0 Å². The van der Waals surface area contributed by atoms with E-state index < -0.39 is 0 Å². The standard InChI is InChI=1S/C17H21N3O2/c21-17(13-3-1-4-13)20-9-2-8-19(10-11-20)16-14-6-12-22-15(14)5-7-18-16/h5-7,12-13H,1-4,8-11H2. The summed E-state index contributed by atoms with van der Waals surface area (Å²) in [5.74, 6) is 1.63. The van der Waals surface area contributed by atoms with Crippen molar-refractivity contribution in [2.75, 3.05) is 31.1 Å². The highest BCUT2D eigenvalue weighted by molar-refractivity contribution is 5.88. The maximum atomic E-state index is 12.4. The van der Waals surface area contributed by atoms with Crippen LogP contribution < -0.4 is 4.90 Å². The Balaban J connectivity index is 1.50. The Bertz CT molecular complexity index is 677. The van der Waals surface area contributed by atoms with E-state index in [0.29, 0.717) is 11.8 Å². The van der Waals surface area contributed by atoms with Crippen molar-refractivity contribution in [3.05, 3.63) is 24.6 Å². The van der Waals surface area contributed by atoms with Crippen LogP contribution in [0.2, 0.25) is 0 Å². The average molecular weight is 299 g/mol. The van der Waals surface area contributed by atoms with E-state index >= 15 is 0 Å². The van der Waals surface area contributed by atoms with Crippen molar-refractivity contribution in [1.82, 2.24) is 9.88 Å². The van der Waals surface area contributed by atoms with E-state index in [2.05, 4.69) is 14.8 Å². The highest BCUT2D eigenvalue weighted by Gasteiger charge is 2.30. The molecule has 3 heterocycles. The Morgan fingerprint density at radius 3 is 2.86 bits per heavy atom. The third-order valence-corrected chi connectivity index (χ3v) is 4.92. The summed E-state index contributed by atoms with van der Waals surface area (Å²) in [5, 5.41) is 1.06. The van der Waals surface area contributed by atoms with Crippen molar-refractivity contribution < 1.29 is 9.21 Å². The normalized spacial score (nSPS) is 20.0. The van der Waals surface area contributed by atoms with Crippen LogP contribution in [0.1, 0.15) is 25.7 Å². The van der Waals surface area contributed by atoms with Gasteiger partial charge in [-0.2, -0.15) is 0 Å². The first kappa shape index (κ1) is 13.6. The summed E-state index contributed by atoms with van der Waals surface area (Å²) < 4.78 is 5.46. The highest BCUT2D eigenvalue weighted by atomic mass is 16.3. The van der Waals surface area contributed by atoms with E-state index in [1.54, 1.807) is 12.5 Å². The van der Waals surface area contributed by atoms with Gasteiger partial charge in [-0.1, -0.05) is 6.42 Å². The number of rotatable bonds is 2. The minimum atomic E-state index is 0.294. The SMILES string of the molecule is O=C(C1CCC1)N1CCCN(c2nccc3occc23)CC1. The molecular formula is C17H21N3O2. The molecule has 1 aliphatic carbocycles. The lowest BCUT2D eigenvalue weighted by Crippen LogP contribution is -2.41. The first-order valence-corrected chi connectivity index (χ1v) is 8.19. The van der Waals surface area contributed by atoms with Gasteiger partial charge >= 0.3 is 0 Å². The molecule has 4 rings (SSSR count). The Hall–Kier alpha value is -2.04. The summed E-state index contributed by atoms with van der Waals surface area (Å²) in [6, 6.07) is 3.86. The molecule has 1 saturated carbocycles. The third kappa shape index (κ3) is 2.34. The van der Waals surface area contributed by atoms with Crippen molar-refractivity contribution >= 4 is 22.7 Å². The summed E-state index contributed by atoms with van der Waals surface area (Å²) in [7, 11) is 0. The molecule has 2 aliphatic rings. The summed E-state index contributed by atoms with van der Waals surface area (Å²) in [4.78, 5) is 21.3. The molecule has 0 radical (unpaired) electrons. The zero-order valence-corrected chi connectivity index (χ0v) is 12.7. The van der Waals surface area contributed by atoms with Gasteiger partial charge in [0.15, 0.2) is 0 Å². The molecule has 1 amide bonds. The molecule has 22 heavy (non-hydrogen) atoms. The van der Waals surface area contributed by atoms with E-state index in [4.69, 9.17) is 4.42 Å². The largest absolute Gasteiger partial charge is 0.464 e. The molecule has 0 aromatic carbocycles. The molecule has 2 aromatic rings. The quantitative estimate of drug-likeness (QED) is 0.855. The predicted octanol–water partition coefficient (Wildman–Crippen LogP) is 2.67. The molecular weight excluding hydrogens is 278 g/mol. The number of pyridine rings is 1. The van der Waals surface area contributed by atoms with Crippen LogP contribution in [-0.4, -0.2) is 42.0 Å². The third-order valence-electron chi connectivity index (χ3n) is 4.92. The van der Waals surface area contributed by atoms with Crippen LogP contribution in [0.4, 0.5) is 5.82 Å². The first-order valence-electron chi connectivity index (χ1n) is 8.19. The summed E-state index contributed by atoms with van der Waals surface area (Å²) >= 11 is 0. The number of hydrogen-bond acceptors (Lipinski definition) is 4. The number of fused-ring (bicyclic) bond motifs is 1. The van der Waals surface area contributed by atoms with Gasteiger partial charge in [-0.15, -0.1) is 0 Å². The number of furan rings is 1. The Labute approximate surface area is 129 Å². The Morgan fingerprint density at radius 1 is 1.14 bits per heavy atom. The van der Waals surface area contributed by atoms with Gasteiger partial charge in [-0.3, -0.25) is 4.79 Å². The molecule has 1 aliphatic heterocycles. The van der Waals surface area contributed by atoms with Crippen LogP contribution in [0.25, 0.3) is 11.0 Å². The topological polar surface area (TPSA) is 49.6 Å². The van der Waals surface area contributed by atoms with E-state index in [0.717, 1.165) is 62.2 Å². The molecule has 0 N–H and O–H groups in total. The van der Waals surface area contributed by atoms with Crippen LogP contribution in [-0.2, 0) is 4.79 Å². The number of carbonyl (C=O) groups is 1. The number of carbonyl (C=O) groups excluding carboxylic acids is 1. The van der Waals surface area contributed by atoms with Crippen molar-refractivity contribution in [3.63, 3.8) is 0 Å². The number of hydrogen-bond donors (Lipinski definition) is 0. The maximum Gasteiger partial charge on any atom is 0.225 e. The van der Waals surface area contributed by atoms with Crippen molar-refractivity contribution in [3.8, 4) is 0 Å². The molecule has 5 heteroatoms. The molecule has 0 bridgehead atoms. The van der Waals surface area contributed by atoms with Crippen molar-refractivity contribution in [2.24, 2.45) is 5.92 Å². The summed E-state index contributed by atoms with van der Waals surface area (Å²) in [5.41, 5.74) is 0.872. The Kier molecular flexibility index (Phi) is 3.48. The summed E-state index contributed by atoms with van der Waals surface area (Å²) in [6.45, 7) is 3.44. The Morgan fingerprint density at radius 2 is 2.05 bits per heavy atom. The molecule has 0 atom stereocenters. The fourth-order valence-corrected chi connectivity index (χ4v) is 3.39. The van der Waals surface area contributed by atoms with Gasteiger partial charge in [0, 0.05) is 38.3 Å². The highest BCUT2D eigenvalue weighted by Crippen LogP contribution is 2.29. The van der Waals surface area contributed by atoms with E-state index in [1.165, 1.54) is 6.42 Å². The van der Waals surface area contributed by atoms with Crippen molar-refractivity contribution in [2.45, 2.75) is 25.7 Å². The zero-order chi connectivity index (χ0) is 14.9. The van der Waals surface area contributed by atoms with Crippen LogP contribution >= 0.6 is 0 Å². The zero-order valence-electron chi connectivity index (χ0n) is 12.7. The minimum absolute atomic E-state index is 0.294. The fraction of sp³-hybridized carbons (Fsp3) is 0.529. The minimum Gasteiger partial charge on any atom is -0.464 e. The van der Waals surface area contributed by atoms with Gasteiger partial charge < -0.3 is 14.2 Å². The van der Waals surface area contributed by atoms with E-state index in [1.807, 2.05) is 12.1 Å². The van der Waals surface area contributed by atoms with Gasteiger partial charge in [-0.25, -0.2) is 4.98 Å². The second-order valence-electron chi connectivity index (χ2n) is 6.26. The molecule has 1 saturated heterocycles. The number of anilines is 1. The van der Waals surface area contributed by atoms with Crippen molar-refractivity contribution in [1.29, 1.82) is 0 Å². The monoisotopic (exact) mass is 299 g/mol. The van der Waals surface area contributed by atoms with Gasteiger partial charge in [0.25, 0.3) is 0 Å². The second kappa shape index (κ2) is 5.63. The van der Waals surface area contributed by atoms with Gasteiger partial charge in [-0.05, 0) is 31.4 Å². The second-order valence-corrected chi connectivity index (χ2v) is 6.26. The van der Waals surface area contributed by atoms with Crippen LogP contribution in [0.3, 0.4) is 0 Å². The molecule has 116 valence electrons. The van der Waals surface area contributed by atoms with Gasteiger partial charge in [0.05, 0.1) is 11.6 Å². The number of aromatic nitrogens is 1. The van der Waals surface area contributed by atoms with Gasteiger partial charge in [0.2, 0.25) is 5.91 Å². The van der Waals surface area contributed by atoms with Crippen LogP contribution in [0, 0.1) is 5.92 Å². The summed E-state index contributed by atoms with van der Waals surface area (Å²) in [6.07, 6.45) is 7.87. The van der Waals surface area contributed by atoms with Gasteiger partial charge in [0.1, 0.15) is 11.4 Å². The lowest BCUT2D eigenvalue weighted by atomic mass is 9.84. The fourth-order valence-electron chi connectivity index (χ4n) is 3.39. The number of nitrogens with zero attached hydrogens (tertiary/aromatic N) is 3. The molecule has 2 fully saturated rings. The van der Waals surface area contributed by atoms with E-state index in [-0.39, 0.29) is 0 Å². The lowest BCUT2D eigenvalue weighted by molar-refractivity contribution is -0.137. The average Bonchev–Trinajstić information content (AvgIpc) is 2.82. The number of amides is 1. The maximum absolute atomic E-state index is 12.4. The molecule has 2 aromatic heterocycles. The van der Waals surface area contributed by atoms with E-state index in [9.17, 15) is 4.79 Å².